The summed E-state index contributed by atoms with van der Waals surface area (Å²) < 4.78 is 39.5. The smallest absolute Gasteiger partial charge is 0.335 e. The van der Waals surface area contributed by atoms with Gasteiger partial charge in [-0.2, -0.15) is 13.2 Å². The van der Waals surface area contributed by atoms with Gasteiger partial charge in [0.1, 0.15) is 0 Å². The molecule has 2 heterocycles. The molecule has 2 atom stereocenters. The van der Waals surface area contributed by atoms with Gasteiger partial charge >= 0.3 is 6.18 Å². The van der Waals surface area contributed by atoms with Gasteiger partial charge in [-0.05, 0) is 36.9 Å². The van der Waals surface area contributed by atoms with Crippen molar-refractivity contribution in [3.63, 3.8) is 0 Å². The minimum Gasteiger partial charge on any atom is -0.335 e. The molecule has 132 valence electrons. The number of carbonyl (C=O) groups excluding carboxylic acids is 2. The number of nitrogens with zero attached hydrogens (tertiary/aromatic N) is 2. The van der Waals surface area contributed by atoms with E-state index in [1.165, 1.54) is 4.90 Å². The molecular formula is C16H18ClF3N2O2. The molecular weight excluding hydrogens is 345 g/mol. The van der Waals surface area contributed by atoms with Crippen molar-refractivity contribution in [1.29, 1.82) is 0 Å². The first-order valence-corrected chi connectivity index (χ1v) is 8.16. The summed E-state index contributed by atoms with van der Waals surface area (Å²) in [5.74, 6) is -1.30. The largest absolute Gasteiger partial charge is 0.417 e. The summed E-state index contributed by atoms with van der Waals surface area (Å²) in [5, 5.41) is -0.548. The van der Waals surface area contributed by atoms with Crippen LogP contribution in [0.4, 0.5) is 13.2 Å². The Morgan fingerprint density at radius 1 is 1.42 bits per heavy atom. The Kier molecular flexibility index (Phi) is 5.85. The van der Waals surface area contributed by atoms with E-state index in [0.29, 0.717) is 32.2 Å². The predicted octanol–water partition coefficient (Wildman–Crippen LogP) is 3.89. The van der Waals surface area contributed by atoms with Crippen molar-refractivity contribution in [3.8, 4) is 0 Å². The van der Waals surface area contributed by atoms with Crippen LogP contribution in [-0.2, 0) is 11.0 Å². The van der Waals surface area contributed by atoms with Crippen LogP contribution < -0.4 is 0 Å². The van der Waals surface area contributed by atoms with E-state index in [2.05, 4.69) is 4.98 Å². The van der Waals surface area contributed by atoms with E-state index in [4.69, 9.17) is 11.6 Å². The van der Waals surface area contributed by atoms with Crippen LogP contribution in [-0.4, -0.2) is 33.6 Å². The van der Waals surface area contributed by atoms with Crippen molar-refractivity contribution in [3.05, 3.63) is 29.6 Å². The highest BCUT2D eigenvalue weighted by atomic mass is 35.5. The zero-order valence-corrected chi connectivity index (χ0v) is 13.9. The maximum absolute atomic E-state index is 13.2. The van der Waals surface area contributed by atoms with E-state index >= 15 is 0 Å². The average Bonchev–Trinajstić information content (AvgIpc) is 2.53. The number of likely N-dealkylation sites (tertiary alicyclic amines) is 1. The molecule has 0 N–H and O–H groups in total. The number of amides is 1. The van der Waals surface area contributed by atoms with Crippen molar-refractivity contribution >= 4 is 22.8 Å². The van der Waals surface area contributed by atoms with Gasteiger partial charge in [0, 0.05) is 25.0 Å². The fourth-order valence-electron chi connectivity index (χ4n) is 3.19. The molecule has 1 amide bonds. The third kappa shape index (κ3) is 3.88. The normalized spacial score (nSPS) is 21.6. The summed E-state index contributed by atoms with van der Waals surface area (Å²) in [4.78, 5) is 29.4. The van der Waals surface area contributed by atoms with Gasteiger partial charge in [-0.15, -0.1) is 0 Å². The van der Waals surface area contributed by atoms with Gasteiger partial charge < -0.3 is 4.90 Å². The van der Waals surface area contributed by atoms with Gasteiger partial charge in [-0.25, -0.2) is 0 Å². The van der Waals surface area contributed by atoms with Gasteiger partial charge in [-0.1, -0.05) is 13.3 Å². The maximum atomic E-state index is 13.2. The quantitative estimate of drug-likeness (QED) is 0.763. The zero-order valence-electron chi connectivity index (χ0n) is 13.1. The molecule has 0 aromatic carbocycles. The lowest BCUT2D eigenvalue weighted by atomic mass is 9.86. The number of rotatable bonds is 4. The van der Waals surface area contributed by atoms with Crippen molar-refractivity contribution in [2.45, 2.75) is 44.8 Å². The van der Waals surface area contributed by atoms with Gasteiger partial charge in [0.15, 0.2) is 0 Å². The lowest BCUT2D eigenvalue weighted by Crippen LogP contribution is -2.50. The van der Waals surface area contributed by atoms with E-state index in [9.17, 15) is 22.8 Å². The van der Waals surface area contributed by atoms with Crippen LogP contribution in [0.1, 0.15) is 48.5 Å². The molecule has 4 nitrogen and oxygen atoms in total. The predicted molar refractivity (Wildman–Crippen MR) is 82.6 cm³/mol. The van der Waals surface area contributed by atoms with Crippen molar-refractivity contribution < 1.29 is 22.8 Å². The van der Waals surface area contributed by atoms with Gasteiger partial charge in [-0.3, -0.25) is 14.6 Å². The molecule has 24 heavy (non-hydrogen) atoms. The highest BCUT2D eigenvalue weighted by Gasteiger charge is 2.41. The number of pyridine rings is 1. The first kappa shape index (κ1) is 18.7. The highest BCUT2D eigenvalue weighted by Crippen LogP contribution is 2.34. The molecule has 2 rings (SSSR count). The Morgan fingerprint density at radius 3 is 2.71 bits per heavy atom. The molecule has 0 radical (unpaired) electrons. The number of carbonyl (C=O) groups is 2. The van der Waals surface area contributed by atoms with E-state index in [0.717, 1.165) is 18.5 Å². The van der Waals surface area contributed by atoms with E-state index in [1.807, 2.05) is 6.92 Å². The van der Waals surface area contributed by atoms with Crippen molar-refractivity contribution in [1.82, 2.24) is 9.88 Å². The standard InChI is InChI=1S/C16H18ClF3N2O2/c1-2-4-13-10(14(17)23)5-3-8-22(13)15(24)11-9-21-7-6-12(11)16(18,19)20/h6-7,9-10,13H,2-5,8H2,1H3. The summed E-state index contributed by atoms with van der Waals surface area (Å²) in [5.41, 5.74) is -1.51. The summed E-state index contributed by atoms with van der Waals surface area (Å²) in [6.45, 7) is 2.19. The van der Waals surface area contributed by atoms with Crippen LogP contribution in [0.3, 0.4) is 0 Å². The van der Waals surface area contributed by atoms with Crippen LogP contribution in [0, 0.1) is 5.92 Å². The number of alkyl halides is 3. The molecule has 0 saturated carbocycles. The first-order valence-electron chi connectivity index (χ1n) is 7.78. The maximum Gasteiger partial charge on any atom is 0.417 e. The molecule has 0 aliphatic carbocycles. The second-order valence-electron chi connectivity index (χ2n) is 5.83. The summed E-state index contributed by atoms with van der Waals surface area (Å²) in [7, 11) is 0. The minimum absolute atomic E-state index is 0.302. The Bertz CT molecular complexity index is 622. The molecule has 1 aliphatic rings. The van der Waals surface area contributed by atoms with E-state index in [1.54, 1.807) is 0 Å². The monoisotopic (exact) mass is 362 g/mol. The molecule has 0 spiro atoms. The Morgan fingerprint density at radius 2 is 2.12 bits per heavy atom. The molecule has 8 heteroatoms. The molecule has 1 aliphatic heterocycles. The van der Waals surface area contributed by atoms with Crippen LogP contribution >= 0.6 is 11.6 Å². The molecule has 0 bridgehead atoms. The highest BCUT2D eigenvalue weighted by molar-refractivity contribution is 6.64. The summed E-state index contributed by atoms with van der Waals surface area (Å²) >= 11 is 5.64. The van der Waals surface area contributed by atoms with Crippen molar-refractivity contribution in [2.75, 3.05) is 6.54 Å². The van der Waals surface area contributed by atoms with E-state index in [-0.39, 0.29) is 0 Å². The fraction of sp³-hybridized carbons (Fsp3) is 0.562. The fourth-order valence-corrected chi connectivity index (χ4v) is 3.45. The number of halogens is 4. The molecule has 1 aromatic rings. The van der Waals surface area contributed by atoms with Crippen LogP contribution in [0.5, 0.6) is 0 Å². The van der Waals surface area contributed by atoms with Gasteiger partial charge in [0.25, 0.3) is 5.91 Å². The topological polar surface area (TPSA) is 50.3 Å². The Labute approximate surface area is 143 Å². The SMILES string of the molecule is CCCC1C(C(=O)Cl)CCCN1C(=O)c1cnccc1C(F)(F)F. The van der Waals surface area contributed by atoms with Crippen molar-refractivity contribution in [2.24, 2.45) is 5.92 Å². The molecule has 1 saturated heterocycles. The zero-order chi connectivity index (χ0) is 17.9. The third-order valence-electron chi connectivity index (χ3n) is 4.27. The Hall–Kier alpha value is -1.63. The second kappa shape index (κ2) is 7.51. The second-order valence-corrected chi connectivity index (χ2v) is 6.20. The first-order chi connectivity index (χ1) is 11.3. The van der Waals surface area contributed by atoms with Gasteiger partial charge in [0.05, 0.1) is 17.0 Å². The van der Waals surface area contributed by atoms with Crippen LogP contribution in [0.25, 0.3) is 0 Å². The number of hydrogen-bond donors (Lipinski definition) is 0. The summed E-state index contributed by atoms with van der Waals surface area (Å²) in [6, 6.07) is 0.304. The molecule has 1 fully saturated rings. The number of piperidine rings is 1. The summed E-state index contributed by atoms with van der Waals surface area (Å²) in [6.07, 6.45) is -0.451. The van der Waals surface area contributed by atoms with E-state index < -0.39 is 40.4 Å². The van der Waals surface area contributed by atoms with Crippen LogP contribution in [0.2, 0.25) is 0 Å². The molecule has 2 unspecified atom stereocenters. The van der Waals surface area contributed by atoms with Crippen LogP contribution in [0.15, 0.2) is 18.5 Å². The lowest BCUT2D eigenvalue weighted by molar-refractivity contribution is -0.138. The minimum atomic E-state index is -4.65. The van der Waals surface area contributed by atoms with Gasteiger partial charge in [0.2, 0.25) is 5.24 Å². The number of aromatic nitrogens is 1. The molecule has 1 aromatic heterocycles. The third-order valence-corrected chi connectivity index (χ3v) is 4.55. The lowest BCUT2D eigenvalue weighted by Gasteiger charge is -2.40. The Balaban J connectivity index is 2.39. The number of hydrogen-bond acceptors (Lipinski definition) is 3. The average molecular weight is 363 g/mol.